The first kappa shape index (κ1) is 12.3. The fourth-order valence-electron chi connectivity index (χ4n) is 1.04. The van der Waals surface area contributed by atoms with E-state index in [2.05, 4.69) is 10.3 Å². The Labute approximate surface area is 95.9 Å². The van der Waals surface area contributed by atoms with E-state index in [0.29, 0.717) is 0 Å². The number of carbonyl (C=O) groups excluding carboxylic acids is 1. The molecule has 0 heterocycles. The normalized spacial score (nSPS) is 9.81. The summed E-state index contributed by atoms with van der Waals surface area (Å²) in [6, 6.07) is 4.55. The molecule has 0 unspecified atom stereocenters. The van der Waals surface area contributed by atoms with E-state index < -0.39 is 18.5 Å². The second kappa shape index (κ2) is 5.34. The zero-order valence-corrected chi connectivity index (χ0v) is 8.82. The van der Waals surface area contributed by atoms with Gasteiger partial charge in [-0.3, -0.25) is 15.1 Å². The molecule has 0 saturated carbocycles. The maximum absolute atomic E-state index is 11.1. The number of amides is 1. The van der Waals surface area contributed by atoms with Crippen molar-refractivity contribution >= 4 is 29.2 Å². The number of rotatable bonds is 5. The molecule has 1 aromatic carbocycles. The van der Waals surface area contributed by atoms with E-state index in [1.165, 1.54) is 12.1 Å². The highest BCUT2D eigenvalue weighted by molar-refractivity contribution is 6.34. The second-order valence-electron chi connectivity index (χ2n) is 2.81. The summed E-state index contributed by atoms with van der Waals surface area (Å²) in [6.07, 6.45) is 0. The maximum Gasteiger partial charge on any atom is 0.332 e. The lowest BCUT2D eigenvalue weighted by Crippen LogP contribution is -2.17. The van der Waals surface area contributed by atoms with E-state index in [1.807, 2.05) is 0 Å². The van der Waals surface area contributed by atoms with Crippen molar-refractivity contribution in [3.05, 3.63) is 28.8 Å². The average Bonchev–Trinajstić information content (AvgIpc) is 2.16. The Morgan fingerprint density at radius 1 is 1.50 bits per heavy atom. The standard InChI is InChI=1S/C9H9ClN2O4/c10-5-2-1-3-6(8(5)9(11)15)12-16-4-7(13)14/h1-3,12H,4H2,(H2,11,15)(H,13,14). The van der Waals surface area contributed by atoms with Crippen LogP contribution in [0.2, 0.25) is 5.02 Å². The molecule has 86 valence electrons. The Kier molecular flexibility index (Phi) is 4.10. The number of carboxylic acids is 1. The van der Waals surface area contributed by atoms with Crippen LogP contribution in [0.15, 0.2) is 18.2 Å². The fraction of sp³-hybridized carbons (Fsp3) is 0.111. The van der Waals surface area contributed by atoms with Gasteiger partial charge < -0.3 is 10.8 Å². The van der Waals surface area contributed by atoms with Gasteiger partial charge in [0.25, 0.3) is 5.91 Å². The van der Waals surface area contributed by atoms with Gasteiger partial charge in [-0.25, -0.2) is 4.79 Å². The number of hydrogen-bond donors (Lipinski definition) is 3. The molecule has 0 saturated heterocycles. The third kappa shape index (κ3) is 3.11. The molecular formula is C9H9ClN2O4. The van der Waals surface area contributed by atoms with Gasteiger partial charge in [-0.15, -0.1) is 0 Å². The summed E-state index contributed by atoms with van der Waals surface area (Å²) in [6.45, 7) is -0.551. The summed E-state index contributed by atoms with van der Waals surface area (Å²) in [4.78, 5) is 25.9. The summed E-state index contributed by atoms with van der Waals surface area (Å²) in [5.74, 6) is -1.87. The van der Waals surface area contributed by atoms with Crippen molar-refractivity contribution in [2.45, 2.75) is 0 Å². The number of primary amides is 1. The minimum Gasteiger partial charge on any atom is -0.479 e. The minimum atomic E-state index is -1.14. The first-order chi connectivity index (χ1) is 7.52. The highest BCUT2D eigenvalue weighted by Gasteiger charge is 2.12. The summed E-state index contributed by atoms with van der Waals surface area (Å²) in [5, 5.41) is 8.51. The number of carbonyl (C=O) groups is 2. The van der Waals surface area contributed by atoms with E-state index in [1.54, 1.807) is 6.07 Å². The van der Waals surface area contributed by atoms with Crippen LogP contribution >= 0.6 is 11.6 Å². The molecule has 6 nitrogen and oxygen atoms in total. The number of benzene rings is 1. The van der Waals surface area contributed by atoms with Gasteiger partial charge in [0.2, 0.25) is 0 Å². The molecule has 1 amide bonds. The number of carboxylic acid groups (broad SMARTS) is 1. The molecule has 16 heavy (non-hydrogen) atoms. The largest absolute Gasteiger partial charge is 0.479 e. The Bertz CT molecular complexity index is 422. The highest BCUT2D eigenvalue weighted by Crippen LogP contribution is 2.23. The molecule has 0 bridgehead atoms. The zero-order chi connectivity index (χ0) is 12.1. The van der Waals surface area contributed by atoms with Crippen LogP contribution in [0.5, 0.6) is 0 Å². The number of hydrogen-bond acceptors (Lipinski definition) is 4. The lowest BCUT2D eigenvalue weighted by atomic mass is 10.2. The van der Waals surface area contributed by atoms with Gasteiger partial charge in [-0.05, 0) is 12.1 Å². The maximum atomic E-state index is 11.1. The molecule has 0 aromatic heterocycles. The Morgan fingerprint density at radius 3 is 2.75 bits per heavy atom. The van der Waals surface area contributed by atoms with Crippen LogP contribution in [0, 0.1) is 0 Å². The van der Waals surface area contributed by atoms with Gasteiger partial charge >= 0.3 is 5.97 Å². The fourth-order valence-corrected chi connectivity index (χ4v) is 1.30. The van der Waals surface area contributed by atoms with Crippen molar-refractivity contribution in [1.82, 2.24) is 0 Å². The molecule has 0 atom stereocenters. The van der Waals surface area contributed by atoms with Gasteiger partial charge in [0.1, 0.15) is 0 Å². The topological polar surface area (TPSA) is 102 Å². The molecule has 7 heteroatoms. The van der Waals surface area contributed by atoms with E-state index in [-0.39, 0.29) is 16.3 Å². The van der Waals surface area contributed by atoms with Crippen molar-refractivity contribution < 1.29 is 19.5 Å². The molecule has 0 aliphatic heterocycles. The van der Waals surface area contributed by atoms with Crippen LogP contribution < -0.4 is 11.2 Å². The average molecular weight is 245 g/mol. The third-order valence-corrected chi connectivity index (χ3v) is 1.95. The highest BCUT2D eigenvalue weighted by atomic mass is 35.5. The molecule has 4 N–H and O–H groups in total. The van der Waals surface area contributed by atoms with Crippen LogP contribution in [-0.2, 0) is 9.63 Å². The Morgan fingerprint density at radius 2 is 2.19 bits per heavy atom. The van der Waals surface area contributed by atoms with Crippen LogP contribution in [0.1, 0.15) is 10.4 Å². The van der Waals surface area contributed by atoms with Gasteiger partial charge in [0, 0.05) is 0 Å². The first-order valence-electron chi connectivity index (χ1n) is 4.20. The van der Waals surface area contributed by atoms with Crippen molar-refractivity contribution in [3.8, 4) is 0 Å². The summed E-state index contributed by atoms with van der Waals surface area (Å²) in [7, 11) is 0. The van der Waals surface area contributed by atoms with Gasteiger partial charge in [0.05, 0.1) is 16.3 Å². The Hall–Kier alpha value is -1.79. The summed E-state index contributed by atoms with van der Waals surface area (Å²) < 4.78 is 0. The van der Waals surface area contributed by atoms with Crippen LogP contribution in [0.25, 0.3) is 0 Å². The predicted octanol–water partition coefficient (Wildman–Crippen LogP) is 0.867. The van der Waals surface area contributed by atoms with E-state index >= 15 is 0 Å². The van der Waals surface area contributed by atoms with E-state index in [9.17, 15) is 9.59 Å². The smallest absolute Gasteiger partial charge is 0.332 e. The van der Waals surface area contributed by atoms with E-state index in [0.717, 1.165) is 0 Å². The van der Waals surface area contributed by atoms with Crippen LogP contribution in [0.4, 0.5) is 5.69 Å². The number of nitrogens with two attached hydrogens (primary N) is 1. The van der Waals surface area contributed by atoms with Crippen LogP contribution in [-0.4, -0.2) is 23.6 Å². The summed E-state index contributed by atoms with van der Waals surface area (Å²) >= 11 is 5.75. The molecule has 0 aliphatic carbocycles. The van der Waals surface area contributed by atoms with Crippen molar-refractivity contribution in [3.63, 3.8) is 0 Å². The number of nitrogens with one attached hydrogen (secondary N) is 1. The molecule has 0 aliphatic rings. The predicted molar refractivity (Wildman–Crippen MR) is 57.2 cm³/mol. The quantitative estimate of drug-likeness (QED) is 0.667. The summed E-state index contributed by atoms with van der Waals surface area (Å²) in [5.41, 5.74) is 7.69. The van der Waals surface area contributed by atoms with Gasteiger partial charge in [-0.1, -0.05) is 17.7 Å². The number of aliphatic carboxylic acids is 1. The first-order valence-corrected chi connectivity index (χ1v) is 4.58. The minimum absolute atomic E-state index is 0.0505. The SMILES string of the molecule is NC(=O)c1c(Cl)cccc1NOCC(=O)O. The molecule has 0 fully saturated rings. The van der Waals surface area contributed by atoms with Crippen molar-refractivity contribution in [2.75, 3.05) is 12.1 Å². The van der Waals surface area contributed by atoms with E-state index in [4.69, 9.17) is 22.4 Å². The molecule has 0 spiro atoms. The second-order valence-corrected chi connectivity index (χ2v) is 3.22. The molecule has 1 rings (SSSR count). The molecule has 0 radical (unpaired) electrons. The van der Waals surface area contributed by atoms with Gasteiger partial charge in [0.15, 0.2) is 6.61 Å². The Balaban J connectivity index is 2.83. The third-order valence-electron chi connectivity index (χ3n) is 1.64. The monoisotopic (exact) mass is 244 g/mol. The van der Waals surface area contributed by atoms with Crippen LogP contribution in [0.3, 0.4) is 0 Å². The number of anilines is 1. The molecule has 1 aromatic rings. The molecular weight excluding hydrogens is 236 g/mol. The number of halogens is 1. The lowest BCUT2D eigenvalue weighted by Gasteiger charge is -2.09. The van der Waals surface area contributed by atoms with Crippen molar-refractivity contribution in [2.24, 2.45) is 5.73 Å². The van der Waals surface area contributed by atoms with Crippen molar-refractivity contribution in [1.29, 1.82) is 0 Å². The lowest BCUT2D eigenvalue weighted by molar-refractivity contribution is -0.141. The van der Waals surface area contributed by atoms with Gasteiger partial charge in [-0.2, -0.15) is 0 Å². The zero-order valence-electron chi connectivity index (χ0n) is 8.07.